The molecule has 4 rings (SSSR count). The summed E-state index contributed by atoms with van der Waals surface area (Å²) >= 11 is 8.48. The molecule has 4 nitrogen and oxygen atoms in total. The van der Waals surface area contributed by atoms with Crippen LogP contribution in [0.5, 0.6) is 0 Å². The number of hydrogen-bond donors (Lipinski definition) is 0. The van der Waals surface area contributed by atoms with Crippen molar-refractivity contribution in [1.29, 1.82) is 0 Å². The summed E-state index contributed by atoms with van der Waals surface area (Å²) in [6.45, 7) is 0. The van der Waals surface area contributed by atoms with Crippen molar-refractivity contribution < 1.29 is 13.2 Å². The van der Waals surface area contributed by atoms with Gasteiger partial charge in [0.25, 0.3) is 5.56 Å². The monoisotopic (exact) mass is 431 g/mol. The van der Waals surface area contributed by atoms with E-state index in [1.54, 1.807) is 7.05 Å². The molecule has 10 heteroatoms. The van der Waals surface area contributed by atoms with Crippen LogP contribution in [-0.2, 0) is 26.1 Å². The predicted octanol–water partition coefficient (Wildman–Crippen LogP) is 5.09. The van der Waals surface area contributed by atoms with Gasteiger partial charge in [0, 0.05) is 18.1 Å². The van der Waals surface area contributed by atoms with E-state index in [1.165, 1.54) is 20.8 Å². The van der Waals surface area contributed by atoms with Crippen molar-refractivity contribution in [2.45, 2.75) is 42.0 Å². The Morgan fingerprint density at radius 2 is 2.04 bits per heavy atom. The second kappa shape index (κ2) is 6.79. The van der Waals surface area contributed by atoms with Crippen molar-refractivity contribution in [2.75, 3.05) is 0 Å². The third-order valence-electron chi connectivity index (χ3n) is 4.48. The number of aromatic nitrogens is 3. The number of alkyl halides is 3. The molecule has 1 aliphatic carbocycles. The van der Waals surface area contributed by atoms with Crippen molar-refractivity contribution >= 4 is 44.9 Å². The van der Waals surface area contributed by atoms with E-state index in [2.05, 4.69) is 9.97 Å². The number of hydrogen-bond acceptors (Lipinski definition) is 5. The molecule has 0 fully saturated rings. The number of aryl methyl sites for hydroxylation is 2. The van der Waals surface area contributed by atoms with E-state index in [-0.39, 0.29) is 15.6 Å². The van der Waals surface area contributed by atoms with Gasteiger partial charge < -0.3 is 0 Å². The largest absolute Gasteiger partial charge is 0.417 e. The molecule has 0 amide bonds. The zero-order valence-corrected chi connectivity index (χ0v) is 16.5. The molecule has 0 bridgehead atoms. The van der Waals surface area contributed by atoms with Crippen LogP contribution in [0.25, 0.3) is 10.2 Å². The minimum absolute atomic E-state index is 0.130. The van der Waals surface area contributed by atoms with E-state index >= 15 is 0 Å². The second-order valence-electron chi connectivity index (χ2n) is 6.26. The van der Waals surface area contributed by atoms with Gasteiger partial charge in [0.1, 0.15) is 9.86 Å². The predicted molar refractivity (Wildman–Crippen MR) is 99.9 cm³/mol. The highest BCUT2D eigenvalue weighted by molar-refractivity contribution is 7.99. The minimum atomic E-state index is -4.51. The van der Waals surface area contributed by atoms with Crippen molar-refractivity contribution in [3.8, 4) is 0 Å². The number of fused-ring (bicyclic) bond motifs is 3. The Hall–Kier alpha value is -1.58. The Labute approximate surface area is 165 Å². The normalized spacial score (nSPS) is 14.6. The van der Waals surface area contributed by atoms with E-state index < -0.39 is 11.7 Å². The summed E-state index contributed by atoms with van der Waals surface area (Å²) < 4.78 is 39.7. The molecule has 0 saturated heterocycles. The fourth-order valence-corrected chi connectivity index (χ4v) is 5.48. The molecular formula is C17H13ClF3N3OS2. The summed E-state index contributed by atoms with van der Waals surface area (Å²) in [5.41, 5.74) is 0.0293. The number of halogens is 4. The van der Waals surface area contributed by atoms with E-state index in [0.717, 1.165) is 55.3 Å². The summed E-state index contributed by atoms with van der Waals surface area (Å²) in [4.78, 5) is 23.1. The van der Waals surface area contributed by atoms with Gasteiger partial charge in [0.05, 0.1) is 16.0 Å². The van der Waals surface area contributed by atoms with Gasteiger partial charge in [0.2, 0.25) is 0 Å². The third-order valence-corrected chi connectivity index (χ3v) is 7.13. The summed E-state index contributed by atoms with van der Waals surface area (Å²) in [6.07, 6.45) is 0.213. The lowest BCUT2D eigenvalue weighted by molar-refractivity contribution is -0.137. The molecule has 0 atom stereocenters. The van der Waals surface area contributed by atoms with Crippen LogP contribution in [0, 0.1) is 0 Å². The highest BCUT2D eigenvalue weighted by Gasteiger charge is 2.32. The molecule has 0 spiro atoms. The van der Waals surface area contributed by atoms with Crippen LogP contribution in [0.1, 0.15) is 28.8 Å². The smallest absolute Gasteiger partial charge is 0.290 e. The summed E-state index contributed by atoms with van der Waals surface area (Å²) in [6, 6.07) is 0.831. The van der Waals surface area contributed by atoms with Gasteiger partial charge in [-0.15, -0.1) is 11.3 Å². The van der Waals surface area contributed by atoms with Gasteiger partial charge in [-0.2, -0.15) is 13.2 Å². The lowest BCUT2D eigenvalue weighted by Crippen LogP contribution is -2.20. The van der Waals surface area contributed by atoms with Crippen LogP contribution >= 0.6 is 34.7 Å². The highest BCUT2D eigenvalue weighted by Crippen LogP contribution is 2.38. The SMILES string of the molecule is Cn1c(Sc2ncc(C(F)(F)F)cc2Cl)nc2sc3c(c2c1=O)CCCC3. The van der Waals surface area contributed by atoms with Crippen LogP contribution in [0.3, 0.4) is 0 Å². The van der Waals surface area contributed by atoms with Gasteiger partial charge in [0.15, 0.2) is 5.16 Å². The first-order chi connectivity index (χ1) is 12.8. The van der Waals surface area contributed by atoms with E-state index in [1.807, 2.05) is 0 Å². The molecule has 142 valence electrons. The maximum absolute atomic E-state index is 12.9. The zero-order chi connectivity index (χ0) is 19.3. The van der Waals surface area contributed by atoms with E-state index in [4.69, 9.17) is 11.6 Å². The molecule has 0 unspecified atom stereocenters. The lowest BCUT2D eigenvalue weighted by Gasteiger charge is -2.11. The minimum Gasteiger partial charge on any atom is -0.290 e. The lowest BCUT2D eigenvalue weighted by atomic mass is 9.97. The number of nitrogens with zero attached hydrogens (tertiary/aromatic N) is 3. The molecule has 0 saturated carbocycles. The topological polar surface area (TPSA) is 47.8 Å². The van der Waals surface area contributed by atoms with Gasteiger partial charge in [-0.1, -0.05) is 11.6 Å². The van der Waals surface area contributed by atoms with Crippen molar-refractivity contribution in [2.24, 2.45) is 7.05 Å². The summed E-state index contributed by atoms with van der Waals surface area (Å²) in [7, 11) is 1.60. The van der Waals surface area contributed by atoms with Crippen LogP contribution in [0.15, 0.2) is 27.2 Å². The fraction of sp³-hybridized carbons (Fsp3) is 0.353. The number of rotatable bonds is 2. The summed E-state index contributed by atoms with van der Waals surface area (Å²) in [5.74, 6) is 0. The average Bonchev–Trinajstić information content (AvgIpc) is 2.98. The van der Waals surface area contributed by atoms with Crippen LogP contribution in [-0.4, -0.2) is 14.5 Å². The first-order valence-electron chi connectivity index (χ1n) is 8.17. The second-order valence-corrected chi connectivity index (χ2v) is 8.71. The first kappa shape index (κ1) is 18.8. The zero-order valence-electron chi connectivity index (χ0n) is 14.1. The Morgan fingerprint density at radius 3 is 2.74 bits per heavy atom. The van der Waals surface area contributed by atoms with Crippen LogP contribution in [0.2, 0.25) is 5.02 Å². The Bertz CT molecular complexity index is 1110. The highest BCUT2D eigenvalue weighted by atomic mass is 35.5. The fourth-order valence-electron chi connectivity index (χ4n) is 3.10. The molecule has 3 aromatic rings. The third kappa shape index (κ3) is 3.36. The van der Waals surface area contributed by atoms with Gasteiger partial charge in [-0.3, -0.25) is 9.36 Å². The maximum Gasteiger partial charge on any atom is 0.417 e. The Morgan fingerprint density at radius 1 is 1.30 bits per heavy atom. The van der Waals surface area contributed by atoms with Gasteiger partial charge in [-0.05, 0) is 49.1 Å². The standard InChI is InChI=1S/C17H13ClF3N3OS2/c1-24-15(25)12-9-4-2-3-5-11(9)26-14(12)23-16(24)27-13-10(18)6-8(7-22-13)17(19,20)21/h6-7H,2-5H2,1H3. The van der Waals surface area contributed by atoms with Crippen LogP contribution in [0.4, 0.5) is 13.2 Å². The molecular weight excluding hydrogens is 419 g/mol. The molecule has 0 radical (unpaired) electrons. The van der Waals surface area contributed by atoms with Gasteiger partial charge in [-0.25, -0.2) is 9.97 Å². The van der Waals surface area contributed by atoms with E-state index in [9.17, 15) is 18.0 Å². The quantitative estimate of drug-likeness (QED) is 0.530. The van der Waals surface area contributed by atoms with Crippen molar-refractivity contribution in [3.05, 3.63) is 43.6 Å². The number of pyridine rings is 1. The Balaban J connectivity index is 1.77. The molecule has 0 N–H and O–H groups in total. The first-order valence-corrected chi connectivity index (χ1v) is 10.2. The molecule has 3 aromatic heterocycles. The summed E-state index contributed by atoms with van der Waals surface area (Å²) in [5, 5.41) is 1.05. The maximum atomic E-state index is 12.9. The van der Waals surface area contributed by atoms with E-state index in [0.29, 0.717) is 15.4 Å². The molecule has 27 heavy (non-hydrogen) atoms. The van der Waals surface area contributed by atoms with Crippen molar-refractivity contribution in [3.63, 3.8) is 0 Å². The van der Waals surface area contributed by atoms with Crippen LogP contribution < -0.4 is 5.56 Å². The van der Waals surface area contributed by atoms with Gasteiger partial charge >= 0.3 is 6.18 Å². The molecule has 0 aliphatic heterocycles. The molecule has 3 heterocycles. The molecule has 0 aromatic carbocycles. The van der Waals surface area contributed by atoms with Crippen molar-refractivity contribution in [1.82, 2.24) is 14.5 Å². The Kier molecular flexibility index (Phi) is 4.72. The number of thiophene rings is 1. The molecule has 1 aliphatic rings. The average molecular weight is 432 g/mol.